The maximum atomic E-state index is 12.5. The van der Waals surface area contributed by atoms with Crippen LogP contribution in [0, 0.1) is 0 Å². The lowest BCUT2D eigenvalue weighted by Gasteiger charge is -2.23. The Bertz CT molecular complexity index is 766. The predicted octanol–water partition coefficient (Wildman–Crippen LogP) is 2.24. The SMILES string of the molecule is COc1ccc(S(=O)(=O)Cc2ccc([Si](C)(OC)OC)cc2)cc1. The molecular weight excluding hydrogens is 344 g/mol. The highest BCUT2D eigenvalue weighted by atomic mass is 32.2. The normalized spacial score (nSPS) is 12.2. The van der Waals surface area contributed by atoms with E-state index in [1.807, 2.05) is 18.7 Å². The van der Waals surface area contributed by atoms with Gasteiger partial charge in [-0.1, -0.05) is 24.3 Å². The Morgan fingerprint density at radius 3 is 1.88 bits per heavy atom. The summed E-state index contributed by atoms with van der Waals surface area (Å²) < 4.78 is 41.1. The minimum atomic E-state index is -3.40. The molecule has 7 heteroatoms. The average Bonchev–Trinajstić information content (AvgIpc) is 2.61. The van der Waals surface area contributed by atoms with E-state index in [1.54, 1.807) is 57.7 Å². The maximum absolute atomic E-state index is 12.5. The van der Waals surface area contributed by atoms with Crippen molar-refractivity contribution in [3.8, 4) is 5.75 Å². The van der Waals surface area contributed by atoms with Gasteiger partial charge in [0.05, 0.1) is 17.8 Å². The van der Waals surface area contributed by atoms with Gasteiger partial charge in [0.2, 0.25) is 0 Å². The smallest absolute Gasteiger partial charge is 0.368 e. The first kappa shape index (κ1) is 18.7. The van der Waals surface area contributed by atoms with Crippen molar-refractivity contribution in [2.75, 3.05) is 21.3 Å². The monoisotopic (exact) mass is 366 g/mol. The standard InChI is InChI=1S/C17H22O5SSi/c1-20-15-7-9-16(10-8-15)23(18,19)13-14-5-11-17(12-6-14)24(4,21-2)22-3/h5-12H,13H2,1-4H3. The molecule has 0 unspecified atom stereocenters. The molecule has 0 aromatic heterocycles. The number of hydrogen-bond acceptors (Lipinski definition) is 5. The van der Waals surface area contributed by atoms with Gasteiger partial charge >= 0.3 is 8.56 Å². The number of ether oxygens (including phenoxy) is 1. The predicted molar refractivity (Wildman–Crippen MR) is 95.6 cm³/mol. The first-order chi connectivity index (χ1) is 11.3. The second kappa shape index (κ2) is 7.48. The molecule has 0 aliphatic rings. The quantitative estimate of drug-likeness (QED) is 0.703. The summed E-state index contributed by atoms with van der Waals surface area (Å²) >= 11 is 0. The summed E-state index contributed by atoms with van der Waals surface area (Å²) in [6.45, 7) is 1.94. The van der Waals surface area contributed by atoms with Crippen molar-refractivity contribution in [1.29, 1.82) is 0 Å². The molecule has 0 N–H and O–H groups in total. The summed E-state index contributed by atoms with van der Waals surface area (Å²) in [6.07, 6.45) is 0. The van der Waals surface area contributed by atoms with E-state index in [1.165, 1.54) is 0 Å². The number of benzene rings is 2. The summed E-state index contributed by atoms with van der Waals surface area (Å²) in [5, 5.41) is 0.957. The van der Waals surface area contributed by atoms with Gasteiger partial charge in [-0.15, -0.1) is 0 Å². The number of rotatable bonds is 7. The second-order valence-corrected chi connectivity index (χ2v) is 10.8. The number of sulfone groups is 1. The summed E-state index contributed by atoms with van der Waals surface area (Å²) in [4.78, 5) is 0.278. The Balaban J connectivity index is 2.20. The molecule has 0 saturated carbocycles. The Labute approximate surface area is 144 Å². The van der Waals surface area contributed by atoms with Crippen molar-refractivity contribution in [2.24, 2.45) is 0 Å². The molecule has 5 nitrogen and oxygen atoms in total. The Morgan fingerprint density at radius 2 is 1.42 bits per heavy atom. The van der Waals surface area contributed by atoms with Crippen LogP contribution in [0.3, 0.4) is 0 Å². The molecule has 130 valence electrons. The van der Waals surface area contributed by atoms with E-state index in [4.69, 9.17) is 13.6 Å². The largest absolute Gasteiger partial charge is 0.497 e. The van der Waals surface area contributed by atoms with Gasteiger partial charge < -0.3 is 13.6 Å². The van der Waals surface area contributed by atoms with Crippen LogP contribution in [-0.2, 0) is 24.4 Å². The minimum absolute atomic E-state index is 0.0577. The Hall–Kier alpha value is -1.67. The first-order valence-corrected chi connectivity index (χ1v) is 11.4. The van der Waals surface area contributed by atoms with Gasteiger partial charge in [-0.2, -0.15) is 0 Å². The third-order valence-corrected chi connectivity index (χ3v) is 8.68. The summed E-state index contributed by atoms with van der Waals surface area (Å²) in [7, 11) is -1.01. The van der Waals surface area contributed by atoms with Crippen molar-refractivity contribution in [3.05, 3.63) is 54.1 Å². The molecule has 0 amide bonds. The highest BCUT2D eigenvalue weighted by Gasteiger charge is 2.31. The van der Waals surface area contributed by atoms with E-state index in [0.717, 1.165) is 10.8 Å². The van der Waals surface area contributed by atoms with Crippen molar-refractivity contribution in [3.63, 3.8) is 0 Å². The lowest BCUT2D eigenvalue weighted by atomic mass is 10.2. The van der Waals surface area contributed by atoms with E-state index >= 15 is 0 Å². The van der Waals surface area contributed by atoms with E-state index in [0.29, 0.717) is 5.75 Å². The van der Waals surface area contributed by atoms with E-state index in [2.05, 4.69) is 0 Å². The molecule has 0 spiro atoms. The fraction of sp³-hybridized carbons (Fsp3) is 0.294. The summed E-state index contributed by atoms with van der Waals surface area (Å²) in [6, 6.07) is 13.8. The minimum Gasteiger partial charge on any atom is -0.497 e. The van der Waals surface area contributed by atoms with E-state index < -0.39 is 18.4 Å². The van der Waals surface area contributed by atoms with E-state index in [9.17, 15) is 8.42 Å². The molecule has 2 rings (SSSR count). The number of hydrogen-bond donors (Lipinski definition) is 0. The third kappa shape index (κ3) is 4.04. The van der Waals surface area contributed by atoms with Crippen LogP contribution in [0.2, 0.25) is 6.55 Å². The van der Waals surface area contributed by atoms with Crippen LogP contribution in [0.15, 0.2) is 53.4 Å². The van der Waals surface area contributed by atoms with Crippen LogP contribution >= 0.6 is 0 Å². The first-order valence-electron chi connectivity index (χ1n) is 7.41. The second-order valence-electron chi connectivity index (χ2n) is 5.49. The van der Waals surface area contributed by atoms with Crippen molar-refractivity contribution >= 4 is 23.6 Å². The van der Waals surface area contributed by atoms with Gasteiger partial charge in [0.15, 0.2) is 9.84 Å². The molecule has 0 atom stereocenters. The molecule has 24 heavy (non-hydrogen) atoms. The summed E-state index contributed by atoms with van der Waals surface area (Å²) in [5.74, 6) is 0.569. The van der Waals surface area contributed by atoms with Crippen molar-refractivity contribution in [2.45, 2.75) is 17.2 Å². The van der Waals surface area contributed by atoms with E-state index in [-0.39, 0.29) is 10.6 Å². The highest BCUT2D eigenvalue weighted by Crippen LogP contribution is 2.20. The molecule has 2 aromatic carbocycles. The molecule has 0 aliphatic heterocycles. The van der Waals surface area contributed by atoms with Crippen molar-refractivity contribution in [1.82, 2.24) is 0 Å². The fourth-order valence-corrected chi connectivity index (χ4v) is 5.07. The Morgan fingerprint density at radius 1 is 0.875 bits per heavy atom. The molecule has 0 bridgehead atoms. The zero-order chi connectivity index (χ0) is 17.8. The summed E-state index contributed by atoms with van der Waals surface area (Å²) in [5.41, 5.74) is 0.720. The van der Waals surface area contributed by atoms with Crippen LogP contribution in [-0.4, -0.2) is 38.3 Å². The zero-order valence-corrected chi connectivity index (χ0v) is 16.1. The fourth-order valence-electron chi connectivity index (χ4n) is 2.31. The topological polar surface area (TPSA) is 61.8 Å². The molecular formula is C17H22O5SSi. The maximum Gasteiger partial charge on any atom is 0.368 e. The van der Waals surface area contributed by atoms with Crippen LogP contribution in [0.1, 0.15) is 5.56 Å². The highest BCUT2D eigenvalue weighted by molar-refractivity contribution is 7.90. The Kier molecular flexibility index (Phi) is 5.82. The zero-order valence-electron chi connectivity index (χ0n) is 14.3. The average molecular weight is 367 g/mol. The van der Waals surface area contributed by atoms with Gasteiger partial charge in [-0.25, -0.2) is 8.42 Å². The van der Waals surface area contributed by atoms with Gasteiger partial charge in [-0.3, -0.25) is 0 Å². The molecule has 2 aromatic rings. The van der Waals surface area contributed by atoms with Crippen LogP contribution < -0.4 is 9.92 Å². The number of methoxy groups -OCH3 is 1. The molecule has 0 heterocycles. The van der Waals surface area contributed by atoms with Crippen LogP contribution in [0.5, 0.6) is 5.75 Å². The lowest BCUT2D eigenvalue weighted by molar-refractivity contribution is 0.265. The molecule has 0 fully saturated rings. The molecule has 0 saturated heterocycles. The van der Waals surface area contributed by atoms with Crippen molar-refractivity contribution < 1.29 is 22.0 Å². The van der Waals surface area contributed by atoms with Gasteiger partial charge in [0, 0.05) is 14.2 Å². The molecule has 0 radical (unpaired) electrons. The molecule has 0 aliphatic carbocycles. The van der Waals surface area contributed by atoms with Crippen LogP contribution in [0.4, 0.5) is 0 Å². The van der Waals surface area contributed by atoms with Gasteiger partial charge in [0.25, 0.3) is 0 Å². The lowest BCUT2D eigenvalue weighted by Crippen LogP contribution is -2.49. The van der Waals surface area contributed by atoms with Gasteiger partial charge in [-0.05, 0) is 41.6 Å². The van der Waals surface area contributed by atoms with Gasteiger partial charge in [0.1, 0.15) is 5.75 Å². The van der Waals surface area contributed by atoms with Crippen LogP contribution in [0.25, 0.3) is 0 Å². The third-order valence-electron chi connectivity index (χ3n) is 4.03.